The highest BCUT2D eigenvalue weighted by atomic mass is 16.5. The zero-order valence-electron chi connectivity index (χ0n) is 8.95. The summed E-state index contributed by atoms with van der Waals surface area (Å²) in [6, 6.07) is 0. The average molecular weight is 202 g/mol. The Kier molecular flexibility index (Phi) is 4.31. The largest absolute Gasteiger partial charge is 0.377 e. The summed E-state index contributed by atoms with van der Waals surface area (Å²) in [6.45, 7) is 1.61. The Morgan fingerprint density at radius 3 is 2.21 bits per heavy atom. The van der Waals surface area contributed by atoms with Gasteiger partial charge in [0, 0.05) is 27.3 Å². The van der Waals surface area contributed by atoms with E-state index < -0.39 is 0 Å². The van der Waals surface area contributed by atoms with Crippen LogP contribution in [0.1, 0.15) is 0 Å². The van der Waals surface area contributed by atoms with Crippen molar-refractivity contribution in [3.05, 3.63) is 0 Å². The van der Waals surface area contributed by atoms with Crippen molar-refractivity contribution in [3.8, 4) is 0 Å². The lowest BCUT2D eigenvalue weighted by atomic mass is 10.3. The third-order valence-corrected chi connectivity index (χ3v) is 2.50. The van der Waals surface area contributed by atoms with Gasteiger partial charge in [0.1, 0.15) is 12.2 Å². The summed E-state index contributed by atoms with van der Waals surface area (Å²) in [5.74, 6) is 0.0918. The van der Waals surface area contributed by atoms with Crippen LogP contribution in [-0.2, 0) is 14.3 Å². The molecule has 1 fully saturated rings. The second-order valence-electron chi connectivity index (χ2n) is 3.38. The lowest BCUT2D eigenvalue weighted by Crippen LogP contribution is -2.36. The molecule has 1 aliphatic heterocycles. The first kappa shape index (κ1) is 11.4. The molecule has 0 spiro atoms. The van der Waals surface area contributed by atoms with Gasteiger partial charge in [-0.15, -0.1) is 0 Å². The number of likely N-dealkylation sites (tertiary alicyclic amines) is 1. The van der Waals surface area contributed by atoms with Gasteiger partial charge in [-0.05, 0) is 7.05 Å². The number of nitrogens with one attached hydrogen (secondary N) is 1. The monoisotopic (exact) mass is 202 g/mol. The van der Waals surface area contributed by atoms with E-state index in [0.717, 1.165) is 0 Å². The minimum absolute atomic E-state index is 0.000746. The van der Waals surface area contributed by atoms with E-state index in [4.69, 9.17) is 9.47 Å². The van der Waals surface area contributed by atoms with Crippen LogP contribution < -0.4 is 5.32 Å². The Labute approximate surface area is 84.4 Å². The summed E-state index contributed by atoms with van der Waals surface area (Å²) >= 11 is 0. The Hall–Kier alpha value is -0.650. The molecule has 1 rings (SSSR count). The van der Waals surface area contributed by atoms with Crippen molar-refractivity contribution in [1.29, 1.82) is 0 Å². The predicted molar refractivity (Wildman–Crippen MR) is 52.1 cm³/mol. The van der Waals surface area contributed by atoms with Gasteiger partial charge in [-0.1, -0.05) is 0 Å². The molecule has 0 radical (unpaired) electrons. The first-order valence-corrected chi connectivity index (χ1v) is 4.71. The van der Waals surface area contributed by atoms with E-state index in [0.29, 0.717) is 19.6 Å². The van der Waals surface area contributed by atoms with E-state index in [2.05, 4.69) is 5.32 Å². The van der Waals surface area contributed by atoms with Gasteiger partial charge < -0.3 is 19.7 Å². The second kappa shape index (κ2) is 5.29. The number of carbonyl (C=O) groups excluding carboxylic acids is 1. The zero-order valence-corrected chi connectivity index (χ0v) is 8.95. The normalized spacial score (nSPS) is 26.9. The number of ether oxygens (including phenoxy) is 2. The molecule has 0 aromatic carbocycles. The summed E-state index contributed by atoms with van der Waals surface area (Å²) in [4.78, 5) is 13.3. The minimum Gasteiger partial charge on any atom is -0.377 e. The maximum Gasteiger partial charge on any atom is 0.236 e. The Morgan fingerprint density at radius 1 is 1.36 bits per heavy atom. The van der Waals surface area contributed by atoms with Crippen LogP contribution >= 0.6 is 0 Å². The molecule has 0 saturated carbocycles. The van der Waals surface area contributed by atoms with Crippen LogP contribution in [-0.4, -0.2) is 63.9 Å². The summed E-state index contributed by atoms with van der Waals surface area (Å²) < 4.78 is 10.5. The highest BCUT2D eigenvalue weighted by Gasteiger charge is 2.34. The van der Waals surface area contributed by atoms with Crippen molar-refractivity contribution in [1.82, 2.24) is 10.2 Å². The fraction of sp³-hybridized carbons (Fsp3) is 0.889. The molecular weight excluding hydrogens is 184 g/mol. The molecule has 1 heterocycles. The molecule has 5 heteroatoms. The molecule has 1 N–H and O–H groups in total. The Bertz CT molecular complexity index is 186. The molecule has 5 nitrogen and oxygen atoms in total. The number of hydrogen-bond donors (Lipinski definition) is 1. The van der Waals surface area contributed by atoms with Crippen LogP contribution in [0.4, 0.5) is 0 Å². The molecule has 0 bridgehead atoms. The lowest BCUT2D eigenvalue weighted by molar-refractivity contribution is -0.129. The number of amides is 1. The van der Waals surface area contributed by atoms with Crippen LogP contribution in [0.5, 0.6) is 0 Å². The summed E-state index contributed by atoms with van der Waals surface area (Å²) in [6.07, 6.45) is 0.00149. The van der Waals surface area contributed by atoms with Crippen molar-refractivity contribution in [2.75, 3.05) is 40.9 Å². The molecule has 0 aromatic heterocycles. The minimum atomic E-state index is 0.000746. The molecule has 14 heavy (non-hydrogen) atoms. The van der Waals surface area contributed by atoms with Gasteiger partial charge in [-0.3, -0.25) is 4.79 Å². The van der Waals surface area contributed by atoms with Gasteiger partial charge >= 0.3 is 0 Å². The fourth-order valence-electron chi connectivity index (χ4n) is 1.66. The van der Waals surface area contributed by atoms with Crippen LogP contribution in [0, 0.1) is 0 Å². The van der Waals surface area contributed by atoms with E-state index >= 15 is 0 Å². The molecule has 1 amide bonds. The zero-order chi connectivity index (χ0) is 10.6. The molecule has 2 unspecified atom stereocenters. The molecular formula is C9H18N2O3. The van der Waals surface area contributed by atoms with Crippen molar-refractivity contribution in [2.45, 2.75) is 12.2 Å². The number of hydrogen-bond acceptors (Lipinski definition) is 4. The van der Waals surface area contributed by atoms with E-state index in [1.165, 1.54) is 0 Å². The molecule has 0 aromatic rings. The fourth-order valence-corrected chi connectivity index (χ4v) is 1.66. The van der Waals surface area contributed by atoms with Gasteiger partial charge in [0.2, 0.25) is 5.91 Å². The van der Waals surface area contributed by atoms with Crippen LogP contribution in [0.3, 0.4) is 0 Å². The number of rotatable bonds is 4. The standard InChI is InChI=1S/C9H18N2O3/c1-10-4-9(12)11-5-7(13-2)8(6-11)14-3/h7-8,10H,4-6H2,1-3H3. The van der Waals surface area contributed by atoms with Gasteiger partial charge in [-0.2, -0.15) is 0 Å². The SMILES string of the molecule is CNCC(=O)N1CC(OC)C(OC)C1. The van der Waals surface area contributed by atoms with Gasteiger partial charge in [0.05, 0.1) is 6.54 Å². The molecule has 2 atom stereocenters. The van der Waals surface area contributed by atoms with Crippen molar-refractivity contribution in [3.63, 3.8) is 0 Å². The van der Waals surface area contributed by atoms with Gasteiger partial charge in [0.25, 0.3) is 0 Å². The maximum absolute atomic E-state index is 11.5. The van der Waals surface area contributed by atoms with Crippen LogP contribution in [0.25, 0.3) is 0 Å². The third-order valence-electron chi connectivity index (χ3n) is 2.50. The number of likely N-dealkylation sites (N-methyl/N-ethyl adjacent to an activating group) is 1. The van der Waals surface area contributed by atoms with E-state index in [-0.39, 0.29) is 18.1 Å². The van der Waals surface area contributed by atoms with Crippen molar-refractivity contribution in [2.24, 2.45) is 0 Å². The highest BCUT2D eigenvalue weighted by Crippen LogP contribution is 2.15. The topological polar surface area (TPSA) is 50.8 Å². The summed E-state index contributed by atoms with van der Waals surface area (Å²) in [5, 5.41) is 2.84. The van der Waals surface area contributed by atoms with Gasteiger partial charge in [0.15, 0.2) is 0 Å². The maximum atomic E-state index is 11.5. The highest BCUT2D eigenvalue weighted by molar-refractivity contribution is 5.78. The summed E-state index contributed by atoms with van der Waals surface area (Å²) in [7, 11) is 5.04. The van der Waals surface area contributed by atoms with Crippen LogP contribution in [0.2, 0.25) is 0 Å². The molecule has 82 valence electrons. The third kappa shape index (κ3) is 2.43. The van der Waals surface area contributed by atoms with Crippen molar-refractivity contribution >= 4 is 5.91 Å². The number of carbonyl (C=O) groups is 1. The van der Waals surface area contributed by atoms with Gasteiger partial charge in [-0.25, -0.2) is 0 Å². The van der Waals surface area contributed by atoms with Crippen molar-refractivity contribution < 1.29 is 14.3 Å². The second-order valence-corrected chi connectivity index (χ2v) is 3.38. The Morgan fingerprint density at radius 2 is 1.86 bits per heavy atom. The average Bonchev–Trinajstić information content (AvgIpc) is 2.61. The van der Waals surface area contributed by atoms with E-state index in [1.54, 1.807) is 26.2 Å². The van der Waals surface area contributed by atoms with E-state index in [9.17, 15) is 4.79 Å². The molecule has 1 aliphatic rings. The quantitative estimate of drug-likeness (QED) is 0.640. The smallest absolute Gasteiger partial charge is 0.236 e. The van der Waals surface area contributed by atoms with Crippen LogP contribution in [0.15, 0.2) is 0 Å². The lowest BCUT2D eigenvalue weighted by Gasteiger charge is -2.14. The number of nitrogens with zero attached hydrogens (tertiary/aromatic N) is 1. The van der Waals surface area contributed by atoms with E-state index in [1.807, 2.05) is 0 Å². The summed E-state index contributed by atoms with van der Waals surface area (Å²) in [5.41, 5.74) is 0. The first-order chi connectivity index (χ1) is 6.72. The molecule has 0 aliphatic carbocycles. The first-order valence-electron chi connectivity index (χ1n) is 4.71. The predicted octanol–water partition coefficient (Wildman–Crippen LogP) is -0.922. The Balaban J connectivity index is 2.48. The number of methoxy groups -OCH3 is 2. The molecule has 1 saturated heterocycles.